The number of nitrogen functional groups attached to an aromatic ring is 1. The van der Waals surface area contributed by atoms with Crippen LogP contribution in [0.4, 0.5) is 5.82 Å². The molecule has 0 radical (unpaired) electrons. The lowest BCUT2D eigenvalue weighted by molar-refractivity contribution is 1.10. The predicted molar refractivity (Wildman–Crippen MR) is 73.1 cm³/mol. The molecule has 0 aliphatic heterocycles. The summed E-state index contributed by atoms with van der Waals surface area (Å²) in [5.74, 6) is 0.505. The van der Waals surface area contributed by atoms with Crippen molar-refractivity contribution >= 4 is 16.6 Å². The van der Waals surface area contributed by atoms with Crippen molar-refractivity contribution < 1.29 is 0 Å². The molecular weight excluding hydrogens is 224 g/mol. The minimum Gasteiger partial charge on any atom is -0.382 e. The zero-order valence-electron chi connectivity index (χ0n) is 10.1. The number of aromatic amines is 1. The van der Waals surface area contributed by atoms with Crippen molar-refractivity contribution in [3.05, 3.63) is 42.2 Å². The quantitative estimate of drug-likeness (QED) is 0.721. The Morgan fingerprint density at radius 1 is 1.22 bits per heavy atom. The highest BCUT2D eigenvalue weighted by Gasteiger charge is 2.05. The number of hydrogen-bond donors (Lipinski definition) is 2. The van der Waals surface area contributed by atoms with Gasteiger partial charge in [0.25, 0.3) is 0 Å². The third kappa shape index (κ3) is 1.72. The molecule has 90 valence electrons. The number of hydrogen-bond acceptors (Lipinski definition) is 3. The highest BCUT2D eigenvalue weighted by molar-refractivity contribution is 5.88. The molecule has 3 rings (SSSR count). The van der Waals surface area contributed by atoms with Crippen LogP contribution >= 0.6 is 0 Å². The lowest BCUT2D eigenvalue weighted by Crippen LogP contribution is -1.87. The molecule has 0 spiro atoms. The smallest absolute Gasteiger partial charge is 0.145 e. The average Bonchev–Trinajstić information content (AvgIpc) is 2.84. The lowest BCUT2D eigenvalue weighted by atomic mass is 10.0. The van der Waals surface area contributed by atoms with Gasteiger partial charge in [0.1, 0.15) is 5.82 Å². The molecule has 4 heteroatoms. The van der Waals surface area contributed by atoms with E-state index >= 15 is 0 Å². The van der Waals surface area contributed by atoms with Crippen LogP contribution in [0.15, 0.2) is 36.7 Å². The summed E-state index contributed by atoms with van der Waals surface area (Å²) in [5, 5.41) is 9.26. The van der Waals surface area contributed by atoms with Crippen molar-refractivity contribution in [2.24, 2.45) is 0 Å². The predicted octanol–water partition coefficient (Wildman–Crippen LogP) is 2.77. The summed E-state index contributed by atoms with van der Waals surface area (Å²) in [6.07, 6.45) is 4.80. The highest BCUT2D eigenvalue weighted by Crippen LogP contribution is 2.25. The Kier molecular flexibility index (Phi) is 2.48. The Balaban J connectivity index is 2.17. The minimum absolute atomic E-state index is 0.505. The van der Waals surface area contributed by atoms with Crippen molar-refractivity contribution in [1.82, 2.24) is 15.2 Å². The van der Waals surface area contributed by atoms with Gasteiger partial charge >= 0.3 is 0 Å². The molecule has 0 saturated heterocycles. The van der Waals surface area contributed by atoms with Gasteiger partial charge in [0.15, 0.2) is 0 Å². The van der Waals surface area contributed by atoms with Gasteiger partial charge in [0, 0.05) is 29.4 Å². The molecular formula is C14H14N4. The van der Waals surface area contributed by atoms with Crippen LogP contribution in [0, 0.1) is 0 Å². The van der Waals surface area contributed by atoms with Gasteiger partial charge in [-0.15, -0.1) is 0 Å². The number of nitrogens with zero attached hydrogens (tertiary/aromatic N) is 2. The highest BCUT2D eigenvalue weighted by atomic mass is 15.2. The molecule has 18 heavy (non-hydrogen) atoms. The summed E-state index contributed by atoms with van der Waals surface area (Å²) >= 11 is 0. The first kappa shape index (κ1) is 10.8. The Morgan fingerprint density at radius 2 is 2.11 bits per heavy atom. The maximum atomic E-state index is 5.62. The SMILES string of the molecule is CCc1cncc2cc(-c3cc(N)n[nH]3)ccc12. The van der Waals surface area contributed by atoms with Crippen LogP contribution in [0.25, 0.3) is 22.0 Å². The molecule has 0 amide bonds. The molecule has 2 heterocycles. The second kappa shape index (κ2) is 4.14. The van der Waals surface area contributed by atoms with Gasteiger partial charge in [0.2, 0.25) is 0 Å². The first-order valence-corrected chi connectivity index (χ1v) is 5.96. The van der Waals surface area contributed by atoms with Crippen LogP contribution in [0.1, 0.15) is 12.5 Å². The van der Waals surface area contributed by atoms with E-state index in [9.17, 15) is 0 Å². The number of pyridine rings is 1. The Bertz CT molecular complexity index is 700. The second-order valence-corrected chi connectivity index (χ2v) is 4.29. The fraction of sp³-hybridized carbons (Fsp3) is 0.143. The Hall–Kier alpha value is -2.36. The van der Waals surface area contributed by atoms with Gasteiger partial charge in [-0.2, -0.15) is 5.10 Å². The summed E-state index contributed by atoms with van der Waals surface area (Å²) in [4.78, 5) is 4.27. The summed E-state index contributed by atoms with van der Waals surface area (Å²) in [6.45, 7) is 2.14. The number of nitrogens with two attached hydrogens (primary N) is 1. The van der Waals surface area contributed by atoms with E-state index in [4.69, 9.17) is 5.73 Å². The topological polar surface area (TPSA) is 67.6 Å². The number of nitrogens with one attached hydrogen (secondary N) is 1. The van der Waals surface area contributed by atoms with E-state index in [0.717, 1.165) is 23.1 Å². The van der Waals surface area contributed by atoms with E-state index in [0.29, 0.717) is 5.82 Å². The Morgan fingerprint density at radius 3 is 2.83 bits per heavy atom. The molecule has 0 unspecified atom stereocenters. The molecule has 2 aromatic heterocycles. The molecule has 0 saturated carbocycles. The minimum atomic E-state index is 0.505. The van der Waals surface area contributed by atoms with Gasteiger partial charge < -0.3 is 5.73 Å². The molecule has 3 aromatic rings. The van der Waals surface area contributed by atoms with Crippen LogP contribution < -0.4 is 5.73 Å². The van der Waals surface area contributed by atoms with E-state index in [1.165, 1.54) is 10.9 Å². The van der Waals surface area contributed by atoms with E-state index in [-0.39, 0.29) is 0 Å². The van der Waals surface area contributed by atoms with E-state index in [1.807, 2.05) is 18.5 Å². The monoisotopic (exact) mass is 238 g/mol. The van der Waals surface area contributed by atoms with Crippen LogP contribution in [-0.4, -0.2) is 15.2 Å². The molecule has 0 bridgehead atoms. The van der Waals surface area contributed by atoms with Crippen LogP contribution in [-0.2, 0) is 6.42 Å². The summed E-state index contributed by atoms with van der Waals surface area (Å²) in [7, 11) is 0. The van der Waals surface area contributed by atoms with Crippen LogP contribution in [0.3, 0.4) is 0 Å². The number of anilines is 1. The van der Waals surface area contributed by atoms with Crippen molar-refractivity contribution in [3.63, 3.8) is 0 Å². The number of fused-ring (bicyclic) bond motifs is 1. The zero-order valence-corrected chi connectivity index (χ0v) is 10.1. The standard InChI is InChI=1S/C14H14N4/c1-2-9-7-16-8-11-5-10(3-4-12(9)11)13-6-14(15)18-17-13/h3-8H,2H2,1H3,(H3,15,17,18). The molecule has 0 aliphatic rings. The number of aromatic nitrogens is 3. The summed E-state index contributed by atoms with van der Waals surface area (Å²) < 4.78 is 0. The van der Waals surface area contributed by atoms with Gasteiger partial charge in [0.05, 0.1) is 5.69 Å². The van der Waals surface area contributed by atoms with E-state index in [2.05, 4.69) is 40.3 Å². The van der Waals surface area contributed by atoms with Crippen LogP contribution in [0.2, 0.25) is 0 Å². The number of H-pyrrole nitrogens is 1. The molecule has 3 N–H and O–H groups in total. The van der Waals surface area contributed by atoms with E-state index < -0.39 is 0 Å². The van der Waals surface area contributed by atoms with Crippen LogP contribution in [0.5, 0.6) is 0 Å². The third-order valence-electron chi connectivity index (χ3n) is 3.13. The lowest BCUT2D eigenvalue weighted by Gasteiger charge is -2.05. The number of rotatable bonds is 2. The van der Waals surface area contributed by atoms with Crippen molar-refractivity contribution in [1.29, 1.82) is 0 Å². The van der Waals surface area contributed by atoms with Gasteiger partial charge in [-0.1, -0.05) is 19.1 Å². The molecule has 0 aliphatic carbocycles. The average molecular weight is 238 g/mol. The normalized spacial score (nSPS) is 10.9. The first-order valence-electron chi connectivity index (χ1n) is 5.96. The maximum absolute atomic E-state index is 5.62. The Labute approximate surface area is 105 Å². The summed E-state index contributed by atoms with van der Waals surface area (Å²) in [6, 6.07) is 8.14. The number of aryl methyl sites for hydroxylation is 1. The van der Waals surface area contributed by atoms with Gasteiger partial charge in [-0.05, 0) is 23.4 Å². The fourth-order valence-corrected chi connectivity index (χ4v) is 2.17. The van der Waals surface area contributed by atoms with Gasteiger partial charge in [-0.25, -0.2) is 0 Å². The van der Waals surface area contributed by atoms with Crippen molar-refractivity contribution in [2.75, 3.05) is 5.73 Å². The zero-order chi connectivity index (χ0) is 12.5. The van der Waals surface area contributed by atoms with E-state index in [1.54, 1.807) is 0 Å². The number of benzene rings is 1. The largest absolute Gasteiger partial charge is 0.382 e. The first-order chi connectivity index (χ1) is 8.78. The maximum Gasteiger partial charge on any atom is 0.145 e. The second-order valence-electron chi connectivity index (χ2n) is 4.29. The summed E-state index contributed by atoms with van der Waals surface area (Å²) in [5.41, 5.74) is 8.88. The van der Waals surface area contributed by atoms with Crippen molar-refractivity contribution in [3.8, 4) is 11.3 Å². The fourth-order valence-electron chi connectivity index (χ4n) is 2.17. The molecule has 0 atom stereocenters. The molecule has 4 nitrogen and oxygen atoms in total. The van der Waals surface area contributed by atoms with Gasteiger partial charge in [-0.3, -0.25) is 10.1 Å². The third-order valence-corrected chi connectivity index (χ3v) is 3.13. The molecule has 0 fully saturated rings. The van der Waals surface area contributed by atoms with Crippen molar-refractivity contribution in [2.45, 2.75) is 13.3 Å². The molecule has 1 aromatic carbocycles.